The Bertz CT molecular complexity index is 554. The van der Waals surface area contributed by atoms with E-state index in [2.05, 4.69) is 4.74 Å². The highest BCUT2D eigenvalue weighted by Crippen LogP contribution is 2.21. The first-order valence-electron chi connectivity index (χ1n) is 6.24. The van der Waals surface area contributed by atoms with Crippen LogP contribution in [0.4, 0.5) is 0 Å². The van der Waals surface area contributed by atoms with E-state index in [9.17, 15) is 14.4 Å². The van der Waals surface area contributed by atoms with Gasteiger partial charge in [0.2, 0.25) is 0 Å². The van der Waals surface area contributed by atoms with Crippen LogP contribution >= 0.6 is 0 Å². The van der Waals surface area contributed by atoms with Gasteiger partial charge in [0.25, 0.3) is 5.91 Å². The van der Waals surface area contributed by atoms with Gasteiger partial charge in [-0.15, -0.1) is 0 Å². The number of ether oxygens (including phenoxy) is 1. The van der Waals surface area contributed by atoms with Crippen LogP contribution < -0.4 is 0 Å². The smallest absolute Gasteiger partial charge is 0.336 e. The SMILES string of the molecule is COC(=O)C1CCN(C(=O)c2ccccc2C(=O)O)C1. The highest BCUT2D eigenvalue weighted by atomic mass is 16.5. The standard InChI is InChI=1S/C14H15NO5/c1-20-14(19)9-6-7-15(8-9)12(16)10-4-2-3-5-11(10)13(17)18/h2-5,9H,6-8H2,1H3,(H,17,18). The molecule has 1 fully saturated rings. The summed E-state index contributed by atoms with van der Waals surface area (Å²) in [6, 6.07) is 6.07. The topological polar surface area (TPSA) is 83.9 Å². The van der Waals surface area contributed by atoms with E-state index < -0.39 is 5.97 Å². The van der Waals surface area contributed by atoms with Crippen molar-refractivity contribution in [1.82, 2.24) is 4.90 Å². The number of esters is 1. The van der Waals surface area contributed by atoms with Crippen LogP contribution in [-0.2, 0) is 9.53 Å². The maximum atomic E-state index is 12.3. The predicted molar refractivity (Wildman–Crippen MR) is 69.4 cm³/mol. The van der Waals surface area contributed by atoms with E-state index in [-0.39, 0.29) is 35.5 Å². The van der Waals surface area contributed by atoms with Crippen LogP contribution in [0.3, 0.4) is 0 Å². The molecule has 1 unspecified atom stereocenters. The lowest BCUT2D eigenvalue weighted by atomic mass is 10.1. The van der Waals surface area contributed by atoms with Crippen LogP contribution in [0.25, 0.3) is 0 Å². The molecule has 1 amide bonds. The van der Waals surface area contributed by atoms with Crippen LogP contribution in [0.5, 0.6) is 0 Å². The molecule has 6 heteroatoms. The van der Waals surface area contributed by atoms with Gasteiger partial charge in [0, 0.05) is 13.1 Å². The quantitative estimate of drug-likeness (QED) is 0.834. The van der Waals surface area contributed by atoms with Gasteiger partial charge in [0.15, 0.2) is 0 Å². The van der Waals surface area contributed by atoms with E-state index in [1.807, 2.05) is 0 Å². The summed E-state index contributed by atoms with van der Waals surface area (Å²) in [5.74, 6) is -2.18. The molecule has 1 aliphatic rings. The largest absolute Gasteiger partial charge is 0.478 e. The van der Waals surface area contributed by atoms with E-state index in [0.29, 0.717) is 13.0 Å². The molecule has 1 atom stereocenters. The molecule has 1 N–H and O–H groups in total. The van der Waals surface area contributed by atoms with Crippen molar-refractivity contribution in [2.75, 3.05) is 20.2 Å². The third-order valence-corrected chi connectivity index (χ3v) is 3.40. The number of carboxylic acids is 1. The summed E-state index contributed by atoms with van der Waals surface area (Å²) in [4.78, 5) is 36.4. The van der Waals surface area contributed by atoms with Gasteiger partial charge in [0.05, 0.1) is 24.2 Å². The molecule has 20 heavy (non-hydrogen) atoms. The lowest BCUT2D eigenvalue weighted by Gasteiger charge is -2.17. The van der Waals surface area contributed by atoms with Gasteiger partial charge < -0.3 is 14.7 Å². The Labute approximate surface area is 115 Å². The van der Waals surface area contributed by atoms with Gasteiger partial charge in [-0.25, -0.2) is 4.79 Å². The summed E-state index contributed by atoms with van der Waals surface area (Å²) in [5, 5.41) is 9.09. The summed E-state index contributed by atoms with van der Waals surface area (Å²) < 4.78 is 4.66. The number of hydrogen-bond donors (Lipinski definition) is 1. The maximum absolute atomic E-state index is 12.3. The number of likely N-dealkylation sites (tertiary alicyclic amines) is 1. The van der Waals surface area contributed by atoms with Gasteiger partial charge in [0.1, 0.15) is 0 Å². The molecule has 0 bridgehead atoms. The molecule has 0 aliphatic carbocycles. The third-order valence-electron chi connectivity index (χ3n) is 3.40. The van der Waals surface area contributed by atoms with E-state index in [0.717, 1.165) is 0 Å². The molecule has 0 aromatic heterocycles. The Hall–Kier alpha value is -2.37. The lowest BCUT2D eigenvalue weighted by Crippen LogP contribution is -2.31. The number of carboxylic acid groups (broad SMARTS) is 1. The normalized spacial score (nSPS) is 17.9. The summed E-state index contributed by atoms with van der Waals surface area (Å²) in [6.07, 6.45) is 0.535. The number of amides is 1. The van der Waals surface area contributed by atoms with Crippen molar-refractivity contribution in [2.24, 2.45) is 5.92 Å². The zero-order valence-electron chi connectivity index (χ0n) is 11.0. The minimum Gasteiger partial charge on any atom is -0.478 e. The molecule has 2 rings (SSSR count). The Morgan fingerprint density at radius 3 is 2.50 bits per heavy atom. The van der Waals surface area contributed by atoms with Gasteiger partial charge in [-0.3, -0.25) is 9.59 Å². The summed E-state index contributed by atoms with van der Waals surface area (Å²) in [5.41, 5.74) is 0.115. The van der Waals surface area contributed by atoms with Crippen molar-refractivity contribution in [1.29, 1.82) is 0 Å². The first kappa shape index (κ1) is 14.0. The van der Waals surface area contributed by atoms with Crippen LogP contribution in [0, 0.1) is 5.92 Å². The number of carbonyl (C=O) groups is 3. The Kier molecular flexibility index (Phi) is 4.02. The van der Waals surface area contributed by atoms with Crippen molar-refractivity contribution < 1.29 is 24.2 Å². The Morgan fingerprint density at radius 1 is 1.25 bits per heavy atom. The molecular formula is C14H15NO5. The zero-order chi connectivity index (χ0) is 14.7. The number of benzene rings is 1. The summed E-state index contributed by atoms with van der Waals surface area (Å²) in [6.45, 7) is 0.687. The van der Waals surface area contributed by atoms with E-state index in [1.165, 1.54) is 24.1 Å². The summed E-state index contributed by atoms with van der Waals surface area (Å²) >= 11 is 0. The van der Waals surface area contributed by atoms with Crippen molar-refractivity contribution in [2.45, 2.75) is 6.42 Å². The van der Waals surface area contributed by atoms with Crippen molar-refractivity contribution in [3.05, 3.63) is 35.4 Å². The molecule has 1 aromatic carbocycles. The average molecular weight is 277 g/mol. The first-order valence-corrected chi connectivity index (χ1v) is 6.24. The highest BCUT2D eigenvalue weighted by Gasteiger charge is 2.33. The molecule has 1 aliphatic heterocycles. The van der Waals surface area contributed by atoms with Crippen molar-refractivity contribution in [3.63, 3.8) is 0 Å². The van der Waals surface area contributed by atoms with E-state index in [4.69, 9.17) is 5.11 Å². The molecule has 0 radical (unpaired) electrons. The number of methoxy groups -OCH3 is 1. The van der Waals surface area contributed by atoms with Gasteiger partial charge in [-0.1, -0.05) is 12.1 Å². The van der Waals surface area contributed by atoms with Crippen LogP contribution in [0.1, 0.15) is 27.1 Å². The number of carbonyl (C=O) groups excluding carboxylic acids is 2. The Morgan fingerprint density at radius 2 is 1.90 bits per heavy atom. The van der Waals surface area contributed by atoms with E-state index >= 15 is 0 Å². The minimum atomic E-state index is -1.14. The predicted octanol–water partition coefficient (Wildman–Crippen LogP) is 1.02. The number of aromatic carboxylic acids is 1. The highest BCUT2D eigenvalue weighted by molar-refractivity contribution is 6.05. The van der Waals surface area contributed by atoms with Gasteiger partial charge in [-0.05, 0) is 18.6 Å². The second kappa shape index (κ2) is 5.73. The van der Waals surface area contributed by atoms with Crippen molar-refractivity contribution in [3.8, 4) is 0 Å². The molecule has 0 spiro atoms. The van der Waals surface area contributed by atoms with Crippen molar-refractivity contribution >= 4 is 17.8 Å². The second-order valence-corrected chi connectivity index (χ2v) is 4.61. The lowest BCUT2D eigenvalue weighted by molar-refractivity contribution is -0.144. The molecule has 1 saturated heterocycles. The first-order chi connectivity index (χ1) is 9.54. The Balaban J connectivity index is 2.17. The van der Waals surface area contributed by atoms with Gasteiger partial charge in [-0.2, -0.15) is 0 Å². The van der Waals surface area contributed by atoms with Crippen LogP contribution in [-0.4, -0.2) is 48.1 Å². The second-order valence-electron chi connectivity index (χ2n) is 4.61. The fraction of sp³-hybridized carbons (Fsp3) is 0.357. The van der Waals surface area contributed by atoms with Crippen LogP contribution in [0.2, 0.25) is 0 Å². The fourth-order valence-electron chi connectivity index (χ4n) is 2.33. The fourth-order valence-corrected chi connectivity index (χ4v) is 2.33. The maximum Gasteiger partial charge on any atom is 0.336 e. The molecule has 1 heterocycles. The summed E-state index contributed by atoms with van der Waals surface area (Å²) in [7, 11) is 1.31. The molecule has 0 saturated carbocycles. The van der Waals surface area contributed by atoms with Gasteiger partial charge >= 0.3 is 11.9 Å². The monoisotopic (exact) mass is 277 g/mol. The molecule has 1 aromatic rings. The van der Waals surface area contributed by atoms with Crippen LogP contribution in [0.15, 0.2) is 24.3 Å². The molecule has 106 valence electrons. The minimum absolute atomic E-state index is 0.0287. The number of nitrogens with zero attached hydrogens (tertiary/aromatic N) is 1. The number of rotatable bonds is 3. The molecule has 6 nitrogen and oxygen atoms in total. The number of hydrogen-bond acceptors (Lipinski definition) is 4. The third kappa shape index (κ3) is 2.64. The zero-order valence-corrected chi connectivity index (χ0v) is 11.0. The molecular weight excluding hydrogens is 262 g/mol. The van der Waals surface area contributed by atoms with E-state index in [1.54, 1.807) is 12.1 Å². The average Bonchev–Trinajstić information content (AvgIpc) is 2.95.